The SMILES string of the molecule is COc1ccccc1CCC(=O)OC(C)c1nc(C(C)(C)C)no1. The van der Waals surface area contributed by atoms with Gasteiger partial charge in [0, 0.05) is 11.8 Å². The number of rotatable bonds is 6. The Hall–Kier alpha value is -2.37. The van der Waals surface area contributed by atoms with Crippen LogP contribution in [0.2, 0.25) is 0 Å². The minimum absolute atomic E-state index is 0.213. The summed E-state index contributed by atoms with van der Waals surface area (Å²) in [5, 5.41) is 3.94. The molecule has 6 heteroatoms. The van der Waals surface area contributed by atoms with Crippen LogP contribution in [0.15, 0.2) is 28.8 Å². The predicted octanol–water partition coefficient (Wildman–Crippen LogP) is 3.61. The Morgan fingerprint density at radius 3 is 2.62 bits per heavy atom. The van der Waals surface area contributed by atoms with Gasteiger partial charge < -0.3 is 14.0 Å². The van der Waals surface area contributed by atoms with Crippen LogP contribution in [-0.4, -0.2) is 23.2 Å². The maximum absolute atomic E-state index is 12.1. The zero-order valence-corrected chi connectivity index (χ0v) is 14.8. The van der Waals surface area contributed by atoms with Gasteiger partial charge in [-0.1, -0.05) is 44.1 Å². The van der Waals surface area contributed by atoms with Crippen molar-refractivity contribution in [3.8, 4) is 5.75 Å². The highest BCUT2D eigenvalue weighted by molar-refractivity contribution is 5.70. The summed E-state index contributed by atoms with van der Waals surface area (Å²) in [5.41, 5.74) is 0.757. The molecule has 0 N–H and O–H groups in total. The van der Waals surface area contributed by atoms with Crippen molar-refractivity contribution in [3.05, 3.63) is 41.5 Å². The van der Waals surface area contributed by atoms with Crippen LogP contribution in [0.4, 0.5) is 0 Å². The average molecular weight is 332 g/mol. The lowest BCUT2D eigenvalue weighted by atomic mass is 9.96. The fourth-order valence-corrected chi connectivity index (χ4v) is 2.16. The van der Waals surface area contributed by atoms with Crippen molar-refractivity contribution in [1.82, 2.24) is 10.1 Å². The Bertz CT molecular complexity index is 688. The summed E-state index contributed by atoms with van der Waals surface area (Å²) < 4.78 is 15.9. The number of esters is 1. The van der Waals surface area contributed by atoms with Crippen LogP contribution >= 0.6 is 0 Å². The Morgan fingerprint density at radius 1 is 1.29 bits per heavy atom. The van der Waals surface area contributed by atoms with Crippen LogP contribution in [0.25, 0.3) is 0 Å². The number of carbonyl (C=O) groups is 1. The lowest BCUT2D eigenvalue weighted by molar-refractivity contribution is -0.149. The molecule has 0 amide bonds. The molecule has 1 unspecified atom stereocenters. The molecule has 0 spiro atoms. The molecule has 0 fully saturated rings. The Morgan fingerprint density at radius 2 is 2.00 bits per heavy atom. The summed E-state index contributed by atoms with van der Waals surface area (Å²) in [7, 11) is 1.61. The molecule has 1 aromatic heterocycles. The number of nitrogens with zero attached hydrogens (tertiary/aromatic N) is 2. The van der Waals surface area contributed by atoms with Gasteiger partial charge in [-0.25, -0.2) is 0 Å². The van der Waals surface area contributed by atoms with Crippen LogP contribution in [0, 0.1) is 0 Å². The van der Waals surface area contributed by atoms with E-state index in [1.165, 1.54) is 0 Å². The summed E-state index contributed by atoms with van der Waals surface area (Å²) in [6.45, 7) is 7.70. The molecule has 2 rings (SSSR count). The summed E-state index contributed by atoms with van der Waals surface area (Å²) in [4.78, 5) is 16.4. The van der Waals surface area contributed by atoms with Gasteiger partial charge in [-0.05, 0) is 25.0 Å². The molecule has 1 atom stereocenters. The van der Waals surface area contributed by atoms with E-state index in [0.717, 1.165) is 11.3 Å². The number of carbonyl (C=O) groups excluding carboxylic acids is 1. The molecule has 0 aliphatic rings. The zero-order valence-electron chi connectivity index (χ0n) is 14.8. The van der Waals surface area contributed by atoms with Crippen molar-refractivity contribution in [2.75, 3.05) is 7.11 Å². The highest BCUT2D eigenvalue weighted by Crippen LogP contribution is 2.23. The van der Waals surface area contributed by atoms with Gasteiger partial charge in [0.15, 0.2) is 11.9 Å². The van der Waals surface area contributed by atoms with Crippen molar-refractivity contribution in [1.29, 1.82) is 0 Å². The van der Waals surface area contributed by atoms with Gasteiger partial charge in [-0.15, -0.1) is 0 Å². The highest BCUT2D eigenvalue weighted by Gasteiger charge is 2.24. The molecule has 0 aliphatic carbocycles. The predicted molar refractivity (Wildman–Crippen MR) is 88.8 cm³/mol. The van der Waals surface area contributed by atoms with Gasteiger partial charge in [0.2, 0.25) is 0 Å². The van der Waals surface area contributed by atoms with Crippen molar-refractivity contribution >= 4 is 5.97 Å². The van der Waals surface area contributed by atoms with Crippen molar-refractivity contribution in [3.63, 3.8) is 0 Å². The van der Waals surface area contributed by atoms with Crippen LogP contribution < -0.4 is 4.74 Å². The first-order valence-corrected chi connectivity index (χ1v) is 7.96. The first-order chi connectivity index (χ1) is 11.3. The highest BCUT2D eigenvalue weighted by atomic mass is 16.6. The van der Waals surface area contributed by atoms with E-state index in [2.05, 4.69) is 10.1 Å². The molecule has 0 saturated heterocycles. The zero-order chi connectivity index (χ0) is 17.7. The van der Waals surface area contributed by atoms with Crippen molar-refractivity contribution in [2.45, 2.75) is 52.1 Å². The second-order valence-electron chi connectivity index (χ2n) is 6.65. The summed E-state index contributed by atoms with van der Waals surface area (Å²) in [6, 6.07) is 7.61. The molecule has 0 aliphatic heterocycles. The fraction of sp³-hybridized carbons (Fsp3) is 0.500. The quantitative estimate of drug-likeness (QED) is 0.752. The van der Waals surface area contributed by atoms with E-state index < -0.39 is 6.10 Å². The summed E-state index contributed by atoms with van der Waals surface area (Å²) >= 11 is 0. The number of hydrogen-bond acceptors (Lipinski definition) is 6. The fourth-order valence-electron chi connectivity index (χ4n) is 2.16. The Labute approximate surface area is 142 Å². The third kappa shape index (κ3) is 4.57. The minimum Gasteiger partial charge on any atom is -0.496 e. The summed E-state index contributed by atoms with van der Waals surface area (Å²) in [5.74, 6) is 1.36. The number of benzene rings is 1. The van der Waals surface area contributed by atoms with Crippen LogP contribution in [0.5, 0.6) is 5.75 Å². The lowest BCUT2D eigenvalue weighted by Crippen LogP contribution is -2.14. The Kier molecular flexibility index (Phi) is 5.59. The molecule has 24 heavy (non-hydrogen) atoms. The largest absolute Gasteiger partial charge is 0.496 e. The first-order valence-electron chi connectivity index (χ1n) is 7.96. The third-order valence-corrected chi connectivity index (χ3v) is 3.56. The number of aryl methyl sites for hydroxylation is 1. The smallest absolute Gasteiger partial charge is 0.306 e. The van der Waals surface area contributed by atoms with E-state index in [4.69, 9.17) is 14.0 Å². The standard InChI is InChI=1S/C18H24N2O4/c1-12(16-19-17(20-24-16)18(2,3)4)23-15(21)11-10-13-8-6-7-9-14(13)22-5/h6-9,12H,10-11H2,1-5H3. The maximum atomic E-state index is 12.1. The van der Waals surface area contributed by atoms with E-state index in [9.17, 15) is 4.79 Å². The number of methoxy groups -OCH3 is 1. The molecule has 1 aromatic carbocycles. The monoisotopic (exact) mass is 332 g/mol. The normalized spacial score (nSPS) is 12.7. The van der Waals surface area contributed by atoms with Gasteiger partial charge in [-0.2, -0.15) is 4.98 Å². The van der Waals surface area contributed by atoms with Gasteiger partial charge in [0.1, 0.15) is 5.75 Å². The second kappa shape index (κ2) is 7.47. The lowest BCUT2D eigenvalue weighted by Gasteiger charge is -2.12. The number of hydrogen-bond donors (Lipinski definition) is 0. The maximum Gasteiger partial charge on any atom is 0.306 e. The van der Waals surface area contributed by atoms with Crippen LogP contribution in [-0.2, 0) is 21.4 Å². The third-order valence-electron chi connectivity index (χ3n) is 3.56. The van der Waals surface area contributed by atoms with Crippen molar-refractivity contribution in [2.24, 2.45) is 0 Å². The van der Waals surface area contributed by atoms with Crippen LogP contribution in [0.1, 0.15) is 57.5 Å². The van der Waals surface area contributed by atoms with E-state index in [-0.39, 0.29) is 17.8 Å². The molecule has 130 valence electrons. The van der Waals surface area contributed by atoms with Crippen molar-refractivity contribution < 1.29 is 18.8 Å². The number of aromatic nitrogens is 2. The Balaban J connectivity index is 1.91. The minimum atomic E-state index is -0.571. The molecule has 0 saturated carbocycles. The molecule has 1 heterocycles. The number of ether oxygens (including phenoxy) is 2. The van der Waals surface area contributed by atoms with Gasteiger partial charge in [0.05, 0.1) is 7.11 Å². The molecule has 0 radical (unpaired) electrons. The van der Waals surface area contributed by atoms with Gasteiger partial charge in [-0.3, -0.25) is 4.79 Å². The molecule has 6 nitrogen and oxygen atoms in total. The molecule has 0 bridgehead atoms. The number of para-hydroxylation sites is 1. The molecular formula is C18H24N2O4. The van der Waals surface area contributed by atoms with E-state index in [1.54, 1.807) is 14.0 Å². The van der Waals surface area contributed by atoms with E-state index in [1.807, 2.05) is 45.0 Å². The topological polar surface area (TPSA) is 74.5 Å². The molecule has 2 aromatic rings. The van der Waals surface area contributed by atoms with E-state index >= 15 is 0 Å². The van der Waals surface area contributed by atoms with Gasteiger partial charge in [0.25, 0.3) is 5.89 Å². The average Bonchev–Trinajstić information content (AvgIpc) is 3.03. The first kappa shape index (κ1) is 18.0. The second-order valence-corrected chi connectivity index (χ2v) is 6.65. The van der Waals surface area contributed by atoms with E-state index in [0.29, 0.717) is 18.1 Å². The molecular weight excluding hydrogens is 308 g/mol. The van der Waals surface area contributed by atoms with Crippen LogP contribution in [0.3, 0.4) is 0 Å². The van der Waals surface area contributed by atoms with Gasteiger partial charge >= 0.3 is 5.97 Å². The summed E-state index contributed by atoms with van der Waals surface area (Å²) in [6.07, 6.45) is 0.233.